The van der Waals surface area contributed by atoms with E-state index in [0.29, 0.717) is 5.82 Å². The number of imidazole rings is 1. The van der Waals surface area contributed by atoms with Crippen LogP contribution in [0.4, 0.5) is 5.82 Å². The van der Waals surface area contributed by atoms with Crippen LogP contribution in [0.3, 0.4) is 0 Å². The van der Waals surface area contributed by atoms with Crippen molar-refractivity contribution in [2.75, 3.05) is 23.8 Å². The van der Waals surface area contributed by atoms with E-state index in [-0.39, 0.29) is 0 Å². The van der Waals surface area contributed by atoms with E-state index in [1.54, 1.807) is 21.7 Å². The summed E-state index contributed by atoms with van der Waals surface area (Å²) in [7, 11) is 0. The van der Waals surface area contributed by atoms with Crippen LogP contribution >= 0.6 is 0 Å². The summed E-state index contributed by atoms with van der Waals surface area (Å²) in [5.41, 5.74) is 5.70. The quantitative estimate of drug-likeness (QED) is 0.752. The summed E-state index contributed by atoms with van der Waals surface area (Å²) in [5.74, 6) is 1.37. The SMILES string of the molecule is CCN(CC)n1ncn2c(N)cnc12. The molecular formula is C8H14N6. The highest BCUT2D eigenvalue weighted by atomic mass is 15.7. The summed E-state index contributed by atoms with van der Waals surface area (Å²) in [5, 5.41) is 6.29. The van der Waals surface area contributed by atoms with Gasteiger partial charge in [0.2, 0.25) is 0 Å². The molecule has 2 aromatic heterocycles. The lowest BCUT2D eigenvalue weighted by atomic mass is 10.6. The normalized spacial score (nSPS) is 11.0. The molecule has 0 saturated carbocycles. The first-order chi connectivity index (χ1) is 6.77. The van der Waals surface area contributed by atoms with Crippen molar-refractivity contribution in [3.63, 3.8) is 0 Å². The number of fused-ring (bicyclic) bond motifs is 1. The third-order valence-electron chi connectivity index (χ3n) is 2.26. The maximum Gasteiger partial charge on any atom is 0.253 e. The van der Waals surface area contributed by atoms with E-state index in [1.165, 1.54) is 0 Å². The van der Waals surface area contributed by atoms with Crippen molar-refractivity contribution in [3.8, 4) is 0 Å². The highest BCUT2D eigenvalue weighted by molar-refractivity contribution is 5.42. The minimum Gasteiger partial charge on any atom is -0.383 e. The molecule has 0 fully saturated rings. The van der Waals surface area contributed by atoms with Crippen molar-refractivity contribution in [1.29, 1.82) is 0 Å². The van der Waals surface area contributed by atoms with Crippen LogP contribution in [-0.4, -0.2) is 32.4 Å². The van der Waals surface area contributed by atoms with Gasteiger partial charge in [0.05, 0.1) is 6.20 Å². The number of hydrogen-bond donors (Lipinski definition) is 1. The fraction of sp³-hybridized carbons (Fsp3) is 0.500. The minimum atomic E-state index is 0.610. The van der Waals surface area contributed by atoms with Crippen molar-refractivity contribution >= 4 is 11.6 Å². The minimum absolute atomic E-state index is 0.610. The second-order valence-corrected chi connectivity index (χ2v) is 3.01. The molecule has 0 aliphatic carbocycles. The fourth-order valence-electron chi connectivity index (χ4n) is 1.47. The molecule has 0 spiro atoms. The molecule has 0 saturated heterocycles. The van der Waals surface area contributed by atoms with E-state index < -0.39 is 0 Å². The second-order valence-electron chi connectivity index (χ2n) is 3.01. The molecule has 0 aliphatic rings. The lowest BCUT2D eigenvalue weighted by Crippen LogP contribution is -2.35. The van der Waals surface area contributed by atoms with Gasteiger partial charge in [0.25, 0.3) is 5.78 Å². The van der Waals surface area contributed by atoms with Crippen molar-refractivity contribution in [3.05, 3.63) is 12.5 Å². The van der Waals surface area contributed by atoms with Gasteiger partial charge in [-0.05, 0) is 13.8 Å². The molecule has 0 amide bonds. The molecule has 2 heterocycles. The fourth-order valence-corrected chi connectivity index (χ4v) is 1.47. The van der Waals surface area contributed by atoms with Crippen LogP contribution in [0.2, 0.25) is 0 Å². The molecule has 2 aromatic rings. The molecule has 0 bridgehead atoms. The number of aromatic nitrogens is 4. The van der Waals surface area contributed by atoms with Crippen LogP contribution in [0.15, 0.2) is 12.5 Å². The topological polar surface area (TPSA) is 64.4 Å². The van der Waals surface area contributed by atoms with Crippen LogP contribution in [0, 0.1) is 0 Å². The Balaban J connectivity index is 2.51. The van der Waals surface area contributed by atoms with Gasteiger partial charge in [-0.25, -0.2) is 4.98 Å². The predicted octanol–water partition coefficient (Wildman–Crippen LogP) is 0.0908. The summed E-state index contributed by atoms with van der Waals surface area (Å²) in [6.45, 7) is 5.93. The molecule has 14 heavy (non-hydrogen) atoms. The predicted molar refractivity (Wildman–Crippen MR) is 54.7 cm³/mol. The van der Waals surface area contributed by atoms with Gasteiger partial charge in [0.15, 0.2) is 0 Å². The van der Waals surface area contributed by atoms with E-state index in [1.807, 2.05) is 0 Å². The first-order valence-electron chi connectivity index (χ1n) is 4.69. The van der Waals surface area contributed by atoms with Gasteiger partial charge in [0.1, 0.15) is 12.1 Å². The average molecular weight is 194 g/mol. The Morgan fingerprint density at radius 2 is 2.14 bits per heavy atom. The smallest absolute Gasteiger partial charge is 0.253 e. The summed E-state index contributed by atoms with van der Waals surface area (Å²) in [6, 6.07) is 0. The molecular weight excluding hydrogens is 180 g/mol. The second kappa shape index (κ2) is 3.21. The standard InChI is InChI=1S/C8H14N6/c1-3-12(4-2)14-8-10-5-7(9)13(8)6-11-14/h5-6H,3-4,9H2,1-2H3. The Morgan fingerprint density at radius 3 is 2.79 bits per heavy atom. The van der Waals surface area contributed by atoms with Crippen LogP contribution in [0.5, 0.6) is 0 Å². The first kappa shape index (κ1) is 8.86. The molecule has 0 radical (unpaired) electrons. The maximum atomic E-state index is 5.70. The van der Waals surface area contributed by atoms with Crippen molar-refractivity contribution < 1.29 is 0 Å². The Kier molecular flexibility index (Phi) is 2.03. The van der Waals surface area contributed by atoms with Crippen molar-refractivity contribution in [2.45, 2.75) is 13.8 Å². The number of nitrogens with zero attached hydrogens (tertiary/aromatic N) is 5. The monoisotopic (exact) mass is 194 g/mol. The molecule has 0 aromatic carbocycles. The van der Waals surface area contributed by atoms with Crippen LogP contribution < -0.4 is 10.7 Å². The summed E-state index contributed by atoms with van der Waals surface area (Å²) in [4.78, 5) is 5.97. The molecule has 0 unspecified atom stereocenters. The molecule has 2 rings (SSSR count). The van der Waals surface area contributed by atoms with Gasteiger partial charge in [-0.15, -0.1) is 9.89 Å². The molecule has 6 nitrogen and oxygen atoms in total. The zero-order valence-electron chi connectivity index (χ0n) is 8.38. The van der Waals surface area contributed by atoms with E-state index in [0.717, 1.165) is 18.9 Å². The number of rotatable bonds is 3. The first-order valence-corrected chi connectivity index (χ1v) is 4.69. The average Bonchev–Trinajstić information content (AvgIpc) is 2.74. The third kappa shape index (κ3) is 1.11. The van der Waals surface area contributed by atoms with Gasteiger partial charge in [-0.1, -0.05) is 0 Å². The third-order valence-corrected chi connectivity index (χ3v) is 2.26. The highest BCUT2D eigenvalue weighted by Crippen LogP contribution is 2.07. The number of nitrogen functional groups attached to an aromatic ring is 1. The van der Waals surface area contributed by atoms with Gasteiger partial charge >= 0.3 is 0 Å². The Morgan fingerprint density at radius 1 is 1.43 bits per heavy atom. The van der Waals surface area contributed by atoms with Gasteiger partial charge in [-0.2, -0.15) is 0 Å². The van der Waals surface area contributed by atoms with E-state index in [4.69, 9.17) is 5.73 Å². The van der Waals surface area contributed by atoms with Crippen LogP contribution in [0.1, 0.15) is 13.8 Å². The Labute approximate surface area is 81.9 Å². The maximum absolute atomic E-state index is 5.70. The zero-order valence-corrected chi connectivity index (χ0v) is 8.38. The summed E-state index contributed by atoms with van der Waals surface area (Å²) in [6.07, 6.45) is 3.31. The van der Waals surface area contributed by atoms with E-state index in [9.17, 15) is 0 Å². The summed E-state index contributed by atoms with van der Waals surface area (Å²) >= 11 is 0. The lowest BCUT2D eigenvalue weighted by molar-refractivity contribution is 0.569. The number of anilines is 1. The van der Waals surface area contributed by atoms with Crippen molar-refractivity contribution in [2.24, 2.45) is 0 Å². The highest BCUT2D eigenvalue weighted by Gasteiger charge is 2.10. The van der Waals surface area contributed by atoms with E-state index in [2.05, 4.69) is 28.9 Å². The zero-order chi connectivity index (χ0) is 10.1. The molecule has 0 atom stereocenters. The van der Waals surface area contributed by atoms with Gasteiger partial charge in [0, 0.05) is 13.1 Å². The van der Waals surface area contributed by atoms with Gasteiger partial charge < -0.3 is 5.73 Å². The number of hydrogen-bond acceptors (Lipinski definition) is 4. The Hall–Kier alpha value is -1.72. The molecule has 2 N–H and O–H groups in total. The molecule has 6 heteroatoms. The summed E-state index contributed by atoms with van der Waals surface area (Å²) < 4.78 is 1.76. The van der Waals surface area contributed by atoms with Gasteiger partial charge in [-0.3, -0.25) is 9.41 Å². The Bertz CT molecular complexity index is 424. The van der Waals surface area contributed by atoms with Crippen LogP contribution in [0.25, 0.3) is 5.78 Å². The van der Waals surface area contributed by atoms with Crippen LogP contribution in [-0.2, 0) is 0 Å². The van der Waals surface area contributed by atoms with Crippen molar-refractivity contribution in [1.82, 2.24) is 19.3 Å². The lowest BCUT2D eigenvalue weighted by Gasteiger charge is -2.19. The molecule has 0 aliphatic heterocycles. The molecule has 76 valence electrons. The van der Waals surface area contributed by atoms with E-state index >= 15 is 0 Å². The largest absolute Gasteiger partial charge is 0.383 e. The number of nitrogens with two attached hydrogens (primary N) is 1.